The Morgan fingerprint density at radius 3 is 1.72 bits per heavy atom. The zero-order valence-electron chi connectivity index (χ0n) is 12.0. The van der Waals surface area contributed by atoms with Gasteiger partial charge in [0.15, 0.2) is 0 Å². The molecule has 0 saturated carbocycles. The van der Waals surface area contributed by atoms with Crippen molar-refractivity contribution in [1.29, 1.82) is 0 Å². The molecule has 0 aliphatic rings. The third-order valence-electron chi connectivity index (χ3n) is 2.23. The summed E-state index contributed by atoms with van der Waals surface area (Å²) in [5, 5.41) is 17.9. The number of carbonyl (C=O) groups excluding carboxylic acids is 1. The van der Waals surface area contributed by atoms with Crippen LogP contribution in [0.1, 0.15) is 71.6 Å². The van der Waals surface area contributed by atoms with E-state index in [-0.39, 0.29) is 36.0 Å². The van der Waals surface area contributed by atoms with Gasteiger partial charge in [-0.15, -0.1) is 0 Å². The first-order valence-corrected chi connectivity index (χ1v) is 6.46. The molecule has 0 amide bonds. The zero-order chi connectivity index (χ0) is 13.5. The van der Waals surface area contributed by atoms with Crippen molar-refractivity contribution in [2.75, 3.05) is 0 Å². The van der Waals surface area contributed by atoms with E-state index in [1.54, 1.807) is 0 Å². The minimum Gasteiger partial charge on any atom is -0.550 e. The first kappa shape index (κ1) is 23.1. The van der Waals surface area contributed by atoms with Crippen LogP contribution in [0.3, 0.4) is 0 Å². The second kappa shape index (κ2) is 19.3. The molecule has 0 aliphatic heterocycles. The summed E-state index contributed by atoms with van der Waals surface area (Å²) in [5.74, 6) is -1.61. The molecule has 0 aromatic heterocycles. The monoisotopic (exact) mass is 268 g/mol. The number of rotatable bonds is 9. The third-order valence-corrected chi connectivity index (χ3v) is 2.23. The summed E-state index contributed by atoms with van der Waals surface area (Å²) < 4.78 is 0. The van der Waals surface area contributed by atoms with Crippen LogP contribution in [0, 0.1) is 0 Å². The van der Waals surface area contributed by atoms with Gasteiger partial charge in [0.05, 0.1) is 0 Å². The van der Waals surface area contributed by atoms with Crippen LogP contribution in [0.5, 0.6) is 0 Å². The number of hydrogen-bond donors (Lipinski definition) is 1. The molecule has 0 radical (unpaired) electrons. The van der Waals surface area contributed by atoms with Crippen molar-refractivity contribution in [2.24, 2.45) is 0 Å². The molecule has 4 nitrogen and oxygen atoms in total. The van der Waals surface area contributed by atoms with Gasteiger partial charge in [-0.1, -0.05) is 46.0 Å². The van der Waals surface area contributed by atoms with Gasteiger partial charge in [0.25, 0.3) is 0 Å². The zero-order valence-corrected chi connectivity index (χ0v) is 14.0. The molecule has 0 saturated heterocycles. The molecule has 0 aromatic carbocycles. The Hall–Kier alpha value is -0.0600. The van der Waals surface area contributed by atoms with Gasteiger partial charge in [-0.3, -0.25) is 4.79 Å². The third kappa shape index (κ3) is 29.7. The maximum Gasteiger partial charge on any atom is 1.00 e. The van der Waals surface area contributed by atoms with E-state index < -0.39 is 11.9 Å². The Balaban J connectivity index is -0.000000251. The topological polar surface area (TPSA) is 77.4 Å². The summed E-state index contributed by atoms with van der Waals surface area (Å²) in [7, 11) is 0. The number of aliphatic carboxylic acids is 2. The van der Waals surface area contributed by atoms with Crippen LogP contribution in [-0.2, 0) is 9.59 Å². The maximum absolute atomic E-state index is 10.0. The molecule has 0 unspecified atom stereocenters. The van der Waals surface area contributed by atoms with E-state index in [1.807, 2.05) is 6.92 Å². The second-order valence-corrected chi connectivity index (χ2v) is 4.03. The second-order valence-electron chi connectivity index (χ2n) is 4.03. The summed E-state index contributed by atoms with van der Waals surface area (Å²) in [4.78, 5) is 19.7. The van der Waals surface area contributed by atoms with Crippen LogP contribution >= 0.6 is 0 Å². The fourth-order valence-electron chi connectivity index (χ4n) is 1.20. The van der Waals surface area contributed by atoms with Crippen molar-refractivity contribution in [3.63, 3.8) is 0 Å². The predicted molar refractivity (Wildman–Crippen MR) is 65.5 cm³/mol. The summed E-state index contributed by atoms with van der Waals surface area (Å²) in [5.41, 5.74) is 0. The Morgan fingerprint density at radius 1 is 0.889 bits per heavy atom. The molecule has 0 heterocycles. The van der Waals surface area contributed by atoms with E-state index in [9.17, 15) is 14.7 Å². The molecule has 18 heavy (non-hydrogen) atoms. The molecule has 0 aromatic rings. The SMILES string of the molecule is CCCCC(=O)[O-].CCCCCCCC(=O)O.[Na+]. The molecule has 0 fully saturated rings. The van der Waals surface area contributed by atoms with Crippen molar-refractivity contribution in [1.82, 2.24) is 0 Å². The van der Waals surface area contributed by atoms with Crippen molar-refractivity contribution in [3.05, 3.63) is 0 Å². The van der Waals surface area contributed by atoms with Crippen molar-refractivity contribution >= 4 is 11.9 Å². The van der Waals surface area contributed by atoms with E-state index in [1.165, 1.54) is 19.3 Å². The first-order valence-electron chi connectivity index (χ1n) is 6.46. The Bertz CT molecular complexity index is 195. The minimum atomic E-state index is -0.943. The Kier molecular flexibility index (Phi) is 24.7. The van der Waals surface area contributed by atoms with Crippen LogP contribution in [0.2, 0.25) is 0 Å². The van der Waals surface area contributed by atoms with Gasteiger partial charge in [0, 0.05) is 12.4 Å². The molecular formula is C13H25NaO4. The number of carbonyl (C=O) groups is 2. The van der Waals surface area contributed by atoms with Gasteiger partial charge in [0.1, 0.15) is 0 Å². The molecule has 0 bridgehead atoms. The first-order chi connectivity index (χ1) is 8.04. The standard InChI is InChI=1S/C8H16O2.C5H10O2.Na/c1-2-3-4-5-6-7-8(9)10;1-2-3-4-5(6)7;/h2-7H2,1H3,(H,9,10);2-4H2,1H3,(H,6,7);/q;;+1/p-1. The largest absolute Gasteiger partial charge is 1.00 e. The molecular weight excluding hydrogens is 243 g/mol. The fraction of sp³-hybridized carbons (Fsp3) is 0.846. The molecule has 0 rings (SSSR count). The average Bonchev–Trinajstić information content (AvgIpc) is 2.26. The van der Waals surface area contributed by atoms with Gasteiger partial charge >= 0.3 is 35.5 Å². The van der Waals surface area contributed by atoms with E-state index in [0.29, 0.717) is 6.42 Å². The van der Waals surface area contributed by atoms with Gasteiger partial charge in [0.2, 0.25) is 0 Å². The van der Waals surface area contributed by atoms with E-state index in [0.717, 1.165) is 25.7 Å². The molecule has 1 N–H and O–H groups in total. The van der Waals surface area contributed by atoms with E-state index >= 15 is 0 Å². The van der Waals surface area contributed by atoms with E-state index in [4.69, 9.17) is 5.11 Å². The number of unbranched alkanes of at least 4 members (excludes halogenated alkanes) is 5. The van der Waals surface area contributed by atoms with E-state index in [2.05, 4.69) is 6.92 Å². The molecule has 102 valence electrons. The maximum atomic E-state index is 10.0. The summed E-state index contributed by atoms with van der Waals surface area (Å²) in [6, 6.07) is 0. The molecule has 0 aliphatic carbocycles. The van der Waals surface area contributed by atoms with Crippen LogP contribution < -0.4 is 34.7 Å². The Morgan fingerprint density at radius 2 is 1.39 bits per heavy atom. The number of carboxylic acid groups (broad SMARTS) is 2. The Labute approximate surface area is 132 Å². The van der Waals surface area contributed by atoms with Gasteiger partial charge in [-0.25, -0.2) is 0 Å². The van der Waals surface area contributed by atoms with Crippen LogP contribution in [0.25, 0.3) is 0 Å². The molecule has 0 spiro atoms. The summed E-state index contributed by atoms with van der Waals surface area (Å²) in [6.07, 6.45) is 7.75. The van der Waals surface area contributed by atoms with Crippen LogP contribution in [0.15, 0.2) is 0 Å². The van der Waals surface area contributed by atoms with Crippen LogP contribution in [0.4, 0.5) is 0 Å². The predicted octanol–water partition coefficient (Wildman–Crippen LogP) is -0.638. The van der Waals surface area contributed by atoms with Gasteiger partial charge in [-0.2, -0.15) is 0 Å². The van der Waals surface area contributed by atoms with Crippen molar-refractivity contribution < 1.29 is 49.4 Å². The van der Waals surface area contributed by atoms with Gasteiger partial charge in [-0.05, 0) is 19.3 Å². The fourth-order valence-corrected chi connectivity index (χ4v) is 1.20. The summed E-state index contributed by atoms with van der Waals surface area (Å²) in [6.45, 7) is 4.10. The normalized spacial score (nSPS) is 8.78. The average molecular weight is 268 g/mol. The van der Waals surface area contributed by atoms with Crippen molar-refractivity contribution in [2.45, 2.75) is 71.6 Å². The summed E-state index contributed by atoms with van der Waals surface area (Å²) >= 11 is 0. The number of carboxylic acids is 2. The molecule has 5 heteroatoms. The van der Waals surface area contributed by atoms with Gasteiger partial charge < -0.3 is 15.0 Å². The quantitative estimate of drug-likeness (QED) is 0.446. The smallest absolute Gasteiger partial charge is 0.550 e. The number of hydrogen-bond acceptors (Lipinski definition) is 3. The van der Waals surface area contributed by atoms with Crippen LogP contribution in [-0.4, -0.2) is 17.0 Å². The minimum absolute atomic E-state index is 0. The molecule has 0 atom stereocenters. The van der Waals surface area contributed by atoms with Crippen molar-refractivity contribution in [3.8, 4) is 0 Å².